The van der Waals surface area contributed by atoms with E-state index in [4.69, 9.17) is 0 Å². The minimum absolute atomic E-state index is 0.00776. The summed E-state index contributed by atoms with van der Waals surface area (Å²) in [5.74, 6) is -0.251. The average molecular weight is 423 g/mol. The predicted octanol–water partition coefficient (Wildman–Crippen LogP) is 3.55. The van der Waals surface area contributed by atoms with Crippen molar-refractivity contribution in [2.24, 2.45) is 5.92 Å². The zero-order valence-electron chi connectivity index (χ0n) is 18.3. The Balaban J connectivity index is 1.43. The van der Waals surface area contributed by atoms with Gasteiger partial charge < -0.3 is 16.0 Å². The smallest absolute Gasteiger partial charge is 0.238 e. The zero-order chi connectivity index (χ0) is 22.4. The molecule has 3 N–H and O–H groups in total. The number of carbonyl (C=O) groups excluding carboxylic acids is 3. The number of piperidine rings is 1. The molecule has 0 spiro atoms. The van der Waals surface area contributed by atoms with E-state index in [0.717, 1.165) is 16.8 Å². The van der Waals surface area contributed by atoms with E-state index in [1.165, 1.54) is 6.92 Å². The first kappa shape index (κ1) is 22.5. The highest BCUT2D eigenvalue weighted by Gasteiger charge is 2.26. The minimum Gasteiger partial charge on any atom is -0.326 e. The quantitative estimate of drug-likeness (QED) is 0.664. The molecule has 164 valence electrons. The molecular weight excluding hydrogens is 392 g/mol. The molecule has 0 atom stereocenters. The fraction of sp³-hybridized carbons (Fsp3) is 0.375. The lowest BCUT2D eigenvalue weighted by molar-refractivity contribution is -0.121. The van der Waals surface area contributed by atoms with E-state index < -0.39 is 0 Å². The normalized spacial score (nSPS) is 14.7. The van der Waals surface area contributed by atoms with Gasteiger partial charge in [0.15, 0.2) is 0 Å². The van der Waals surface area contributed by atoms with Gasteiger partial charge in [0.1, 0.15) is 0 Å². The van der Waals surface area contributed by atoms with Crippen LogP contribution in [0.5, 0.6) is 0 Å². The fourth-order valence-corrected chi connectivity index (χ4v) is 3.89. The van der Waals surface area contributed by atoms with Crippen molar-refractivity contribution in [3.8, 4) is 0 Å². The van der Waals surface area contributed by atoms with E-state index >= 15 is 0 Å². The Kier molecular flexibility index (Phi) is 7.41. The highest BCUT2D eigenvalue weighted by molar-refractivity contribution is 5.94. The van der Waals surface area contributed by atoms with Crippen molar-refractivity contribution in [1.82, 2.24) is 4.90 Å². The van der Waals surface area contributed by atoms with Gasteiger partial charge >= 0.3 is 0 Å². The molecule has 0 saturated carbocycles. The number of likely N-dealkylation sites (tertiary alicyclic amines) is 1. The topological polar surface area (TPSA) is 90.5 Å². The maximum absolute atomic E-state index is 12.6. The summed E-state index contributed by atoms with van der Waals surface area (Å²) in [7, 11) is 0. The van der Waals surface area contributed by atoms with Crippen molar-refractivity contribution in [1.29, 1.82) is 0 Å². The van der Waals surface area contributed by atoms with Crippen molar-refractivity contribution in [2.45, 2.75) is 33.6 Å². The Morgan fingerprint density at radius 1 is 0.839 bits per heavy atom. The summed E-state index contributed by atoms with van der Waals surface area (Å²) in [4.78, 5) is 38.2. The molecular formula is C24H30N4O3. The van der Waals surface area contributed by atoms with Crippen LogP contribution in [0, 0.1) is 19.8 Å². The number of nitrogens with zero attached hydrogens (tertiary/aromatic N) is 1. The molecule has 3 rings (SSSR count). The van der Waals surface area contributed by atoms with E-state index in [-0.39, 0.29) is 23.6 Å². The molecule has 1 heterocycles. The SMILES string of the molecule is CC(=O)Nc1ccc(NC(=O)C2CCN(CC(=O)Nc3cc(C)cc(C)c3)CC2)cc1. The van der Waals surface area contributed by atoms with Gasteiger partial charge in [0.05, 0.1) is 6.54 Å². The highest BCUT2D eigenvalue weighted by atomic mass is 16.2. The number of nitrogens with one attached hydrogen (secondary N) is 3. The molecule has 2 aromatic rings. The molecule has 0 unspecified atom stereocenters. The van der Waals surface area contributed by atoms with Crippen LogP contribution in [0.3, 0.4) is 0 Å². The van der Waals surface area contributed by atoms with Gasteiger partial charge in [0.25, 0.3) is 0 Å². The lowest BCUT2D eigenvalue weighted by atomic mass is 9.95. The third kappa shape index (κ3) is 6.93. The second kappa shape index (κ2) is 10.2. The van der Waals surface area contributed by atoms with Crippen molar-refractivity contribution in [3.63, 3.8) is 0 Å². The zero-order valence-corrected chi connectivity index (χ0v) is 18.3. The second-order valence-electron chi connectivity index (χ2n) is 8.22. The van der Waals surface area contributed by atoms with E-state index in [9.17, 15) is 14.4 Å². The van der Waals surface area contributed by atoms with Gasteiger partial charge in [-0.25, -0.2) is 0 Å². The van der Waals surface area contributed by atoms with Crippen molar-refractivity contribution < 1.29 is 14.4 Å². The molecule has 0 aliphatic carbocycles. The molecule has 0 bridgehead atoms. The first-order valence-electron chi connectivity index (χ1n) is 10.6. The Morgan fingerprint density at radius 2 is 1.39 bits per heavy atom. The van der Waals surface area contributed by atoms with Crippen molar-refractivity contribution in [3.05, 3.63) is 53.6 Å². The van der Waals surface area contributed by atoms with Crippen LogP contribution in [-0.4, -0.2) is 42.3 Å². The lowest BCUT2D eigenvalue weighted by Gasteiger charge is -2.30. The summed E-state index contributed by atoms with van der Waals surface area (Å²) in [6.07, 6.45) is 1.43. The van der Waals surface area contributed by atoms with Crippen LogP contribution in [0.15, 0.2) is 42.5 Å². The molecule has 0 radical (unpaired) electrons. The number of hydrogen-bond donors (Lipinski definition) is 3. The second-order valence-corrected chi connectivity index (χ2v) is 8.22. The standard InChI is InChI=1S/C24H30N4O3/c1-16-12-17(2)14-22(13-16)26-23(30)15-28-10-8-19(9-11-28)24(31)27-21-6-4-20(5-7-21)25-18(3)29/h4-7,12-14,19H,8-11,15H2,1-3H3,(H,25,29)(H,26,30)(H,27,31). The Bertz CT molecular complexity index is 928. The van der Waals surface area contributed by atoms with Gasteiger partial charge in [-0.15, -0.1) is 0 Å². The van der Waals surface area contributed by atoms with Crippen LogP contribution in [0.25, 0.3) is 0 Å². The lowest BCUT2D eigenvalue weighted by Crippen LogP contribution is -2.41. The summed E-state index contributed by atoms with van der Waals surface area (Å²) in [5.41, 5.74) is 4.45. The number of carbonyl (C=O) groups is 3. The predicted molar refractivity (Wildman–Crippen MR) is 123 cm³/mol. The third-order valence-corrected chi connectivity index (χ3v) is 5.30. The van der Waals surface area contributed by atoms with Gasteiger partial charge in [-0.2, -0.15) is 0 Å². The number of rotatable bonds is 6. The third-order valence-electron chi connectivity index (χ3n) is 5.30. The number of aryl methyl sites for hydroxylation is 2. The summed E-state index contributed by atoms with van der Waals surface area (Å²) in [6.45, 7) is 7.21. The summed E-state index contributed by atoms with van der Waals surface area (Å²) < 4.78 is 0. The number of benzene rings is 2. The van der Waals surface area contributed by atoms with Crippen LogP contribution in [0.2, 0.25) is 0 Å². The fourth-order valence-electron chi connectivity index (χ4n) is 3.89. The van der Waals surface area contributed by atoms with Gasteiger partial charge in [-0.1, -0.05) is 6.07 Å². The number of hydrogen-bond acceptors (Lipinski definition) is 4. The van der Waals surface area contributed by atoms with Crippen LogP contribution in [-0.2, 0) is 14.4 Å². The van der Waals surface area contributed by atoms with Crippen LogP contribution in [0.4, 0.5) is 17.1 Å². The first-order chi connectivity index (χ1) is 14.8. The molecule has 1 fully saturated rings. The first-order valence-corrected chi connectivity index (χ1v) is 10.6. The van der Waals surface area contributed by atoms with E-state index in [1.54, 1.807) is 24.3 Å². The Morgan fingerprint density at radius 3 is 1.94 bits per heavy atom. The molecule has 7 heteroatoms. The largest absolute Gasteiger partial charge is 0.326 e. The maximum atomic E-state index is 12.6. The van der Waals surface area contributed by atoms with Crippen LogP contribution < -0.4 is 16.0 Å². The molecule has 3 amide bonds. The van der Waals surface area contributed by atoms with Crippen LogP contribution in [0.1, 0.15) is 30.9 Å². The average Bonchev–Trinajstić information content (AvgIpc) is 2.68. The molecule has 0 aromatic heterocycles. The van der Waals surface area contributed by atoms with E-state index in [0.29, 0.717) is 43.9 Å². The monoisotopic (exact) mass is 422 g/mol. The molecule has 2 aromatic carbocycles. The van der Waals surface area contributed by atoms with Gasteiger partial charge in [-0.3, -0.25) is 19.3 Å². The van der Waals surface area contributed by atoms with Crippen LogP contribution >= 0.6 is 0 Å². The highest BCUT2D eigenvalue weighted by Crippen LogP contribution is 2.21. The number of amides is 3. The summed E-state index contributed by atoms with van der Waals surface area (Å²) >= 11 is 0. The van der Waals surface area contributed by atoms with E-state index in [2.05, 4.69) is 26.9 Å². The van der Waals surface area contributed by atoms with Crippen molar-refractivity contribution >= 4 is 34.8 Å². The Labute approximate surface area is 183 Å². The van der Waals surface area contributed by atoms with Gasteiger partial charge in [-0.05, 0) is 87.3 Å². The molecule has 7 nitrogen and oxygen atoms in total. The van der Waals surface area contributed by atoms with Gasteiger partial charge in [0.2, 0.25) is 17.7 Å². The molecule has 31 heavy (non-hydrogen) atoms. The summed E-state index contributed by atoms with van der Waals surface area (Å²) in [5, 5.41) is 8.61. The minimum atomic E-state index is -0.133. The Hall–Kier alpha value is -3.19. The molecule has 1 aliphatic rings. The van der Waals surface area contributed by atoms with E-state index in [1.807, 2.05) is 26.0 Å². The maximum Gasteiger partial charge on any atom is 0.238 e. The molecule has 1 saturated heterocycles. The molecule has 1 aliphatic heterocycles. The van der Waals surface area contributed by atoms with Gasteiger partial charge in [0, 0.05) is 29.9 Å². The number of anilines is 3. The van der Waals surface area contributed by atoms with Crippen molar-refractivity contribution in [2.75, 3.05) is 35.6 Å². The summed E-state index contributed by atoms with van der Waals surface area (Å²) in [6, 6.07) is 13.1.